The van der Waals surface area contributed by atoms with E-state index in [1.165, 1.54) is 6.07 Å². The lowest BCUT2D eigenvalue weighted by Gasteiger charge is -2.05. The van der Waals surface area contributed by atoms with Gasteiger partial charge in [0.25, 0.3) is 0 Å². The Balaban J connectivity index is 2.85. The lowest BCUT2D eigenvalue weighted by Crippen LogP contribution is -2.00. The van der Waals surface area contributed by atoms with Crippen LogP contribution in [-0.2, 0) is 6.61 Å². The quantitative estimate of drug-likeness (QED) is 0.715. The number of hydrogen-bond acceptors (Lipinski definition) is 3. The van der Waals surface area contributed by atoms with E-state index in [-0.39, 0.29) is 19.1 Å². The van der Waals surface area contributed by atoms with Crippen LogP contribution in [-0.4, -0.2) is 16.7 Å². The second-order valence-electron chi connectivity index (χ2n) is 2.38. The van der Waals surface area contributed by atoms with Crippen molar-refractivity contribution >= 4 is 0 Å². The first-order valence-electron chi connectivity index (χ1n) is 3.77. The number of hydrogen-bond donors (Lipinski definition) is 1. The van der Waals surface area contributed by atoms with Crippen LogP contribution in [0, 0.1) is 5.82 Å². The van der Waals surface area contributed by atoms with Gasteiger partial charge >= 0.3 is 0 Å². The minimum absolute atomic E-state index is 0.240. The molecule has 0 saturated heterocycles. The molecule has 1 aromatic heterocycles. The Kier molecular flexibility index (Phi) is 3.40. The van der Waals surface area contributed by atoms with Gasteiger partial charge in [0, 0.05) is 5.56 Å². The molecule has 3 nitrogen and oxygen atoms in total. The van der Waals surface area contributed by atoms with Crippen molar-refractivity contribution in [3.05, 3.63) is 36.3 Å². The lowest BCUT2D eigenvalue weighted by molar-refractivity contribution is 0.265. The third-order valence-corrected chi connectivity index (χ3v) is 1.40. The van der Waals surface area contributed by atoms with Gasteiger partial charge in [-0.2, -0.15) is 0 Å². The van der Waals surface area contributed by atoms with Crippen molar-refractivity contribution in [3.63, 3.8) is 0 Å². The summed E-state index contributed by atoms with van der Waals surface area (Å²) < 4.78 is 17.7. The minimum Gasteiger partial charge on any atom is -0.473 e. The van der Waals surface area contributed by atoms with Crippen LogP contribution in [0.5, 0.6) is 5.88 Å². The van der Waals surface area contributed by atoms with Gasteiger partial charge in [0.1, 0.15) is 12.4 Å². The van der Waals surface area contributed by atoms with Crippen LogP contribution in [0.3, 0.4) is 0 Å². The van der Waals surface area contributed by atoms with Gasteiger partial charge < -0.3 is 9.84 Å². The van der Waals surface area contributed by atoms with Crippen LogP contribution < -0.4 is 4.74 Å². The summed E-state index contributed by atoms with van der Waals surface area (Å²) >= 11 is 0. The van der Waals surface area contributed by atoms with Gasteiger partial charge in [-0.15, -0.1) is 0 Å². The van der Waals surface area contributed by atoms with Crippen LogP contribution in [0.15, 0.2) is 24.9 Å². The molecule has 1 heterocycles. The first-order chi connectivity index (χ1) is 6.27. The monoisotopic (exact) mass is 183 g/mol. The van der Waals surface area contributed by atoms with Crippen LogP contribution in [0.1, 0.15) is 5.56 Å². The lowest BCUT2D eigenvalue weighted by atomic mass is 10.3. The zero-order valence-corrected chi connectivity index (χ0v) is 7.03. The molecule has 1 aromatic rings. The molecule has 0 aromatic carbocycles. The van der Waals surface area contributed by atoms with Gasteiger partial charge in [-0.05, 0) is 6.07 Å². The normalized spacial score (nSPS) is 9.69. The van der Waals surface area contributed by atoms with E-state index in [4.69, 9.17) is 9.84 Å². The summed E-state index contributed by atoms with van der Waals surface area (Å²) in [6.45, 7) is 3.45. The van der Waals surface area contributed by atoms with Crippen molar-refractivity contribution < 1.29 is 14.2 Å². The first-order valence-corrected chi connectivity index (χ1v) is 3.77. The Morgan fingerprint density at radius 2 is 2.46 bits per heavy atom. The van der Waals surface area contributed by atoms with E-state index in [0.717, 1.165) is 6.20 Å². The maximum Gasteiger partial charge on any atom is 0.219 e. The molecule has 13 heavy (non-hydrogen) atoms. The van der Waals surface area contributed by atoms with Crippen LogP contribution in [0.4, 0.5) is 4.39 Å². The fraction of sp³-hybridized carbons (Fsp3) is 0.222. The summed E-state index contributed by atoms with van der Waals surface area (Å²) in [5, 5.41) is 8.83. The zero-order valence-electron chi connectivity index (χ0n) is 7.03. The summed E-state index contributed by atoms with van der Waals surface area (Å²) in [5.74, 6) is -0.251. The van der Waals surface area contributed by atoms with Crippen molar-refractivity contribution in [1.29, 1.82) is 0 Å². The molecule has 0 aliphatic heterocycles. The molecule has 0 amide bonds. The van der Waals surface area contributed by atoms with Gasteiger partial charge in [0.05, 0.1) is 12.8 Å². The highest BCUT2D eigenvalue weighted by Crippen LogP contribution is 2.15. The summed E-state index contributed by atoms with van der Waals surface area (Å²) in [7, 11) is 0. The van der Waals surface area contributed by atoms with Crippen molar-refractivity contribution in [2.24, 2.45) is 0 Å². The molecule has 0 spiro atoms. The van der Waals surface area contributed by atoms with Gasteiger partial charge in [-0.3, -0.25) is 0 Å². The second kappa shape index (κ2) is 4.57. The number of aromatic nitrogens is 1. The topological polar surface area (TPSA) is 42.4 Å². The number of pyridine rings is 1. The predicted octanol–water partition coefficient (Wildman–Crippen LogP) is 1.28. The Morgan fingerprint density at radius 1 is 1.69 bits per heavy atom. The third-order valence-electron chi connectivity index (χ3n) is 1.40. The molecule has 1 rings (SSSR count). The molecule has 0 aliphatic carbocycles. The second-order valence-corrected chi connectivity index (χ2v) is 2.38. The Morgan fingerprint density at radius 3 is 3.08 bits per heavy atom. The van der Waals surface area contributed by atoms with E-state index in [0.29, 0.717) is 5.56 Å². The molecule has 0 bridgehead atoms. The van der Waals surface area contributed by atoms with Crippen molar-refractivity contribution in [2.45, 2.75) is 6.61 Å². The van der Waals surface area contributed by atoms with Gasteiger partial charge in [0.2, 0.25) is 5.88 Å². The highest BCUT2D eigenvalue weighted by molar-refractivity contribution is 5.25. The van der Waals surface area contributed by atoms with Crippen LogP contribution in [0.2, 0.25) is 0 Å². The highest BCUT2D eigenvalue weighted by Gasteiger charge is 2.04. The summed E-state index contributed by atoms with van der Waals surface area (Å²) in [6.07, 6.45) is 2.59. The first kappa shape index (κ1) is 9.67. The SMILES string of the molecule is C=CCOc1ncc(F)cc1CO. The van der Waals surface area contributed by atoms with Crippen LogP contribution >= 0.6 is 0 Å². The number of rotatable bonds is 4. The summed E-state index contributed by atoms with van der Waals surface area (Å²) in [5.41, 5.74) is 0.335. The molecule has 0 atom stereocenters. The van der Waals surface area contributed by atoms with Gasteiger partial charge in [-0.25, -0.2) is 9.37 Å². The highest BCUT2D eigenvalue weighted by atomic mass is 19.1. The average molecular weight is 183 g/mol. The molecule has 0 unspecified atom stereocenters. The summed E-state index contributed by atoms with van der Waals surface area (Å²) in [6, 6.07) is 1.19. The van der Waals surface area contributed by atoms with Crippen molar-refractivity contribution in [3.8, 4) is 5.88 Å². The Labute approximate surface area is 75.5 Å². The average Bonchev–Trinajstić information content (AvgIpc) is 2.16. The molecule has 70 valence electrons. The predicted molar refractivity (Wildman–Crippen MR) is 45.8 cm³/mol. The fourth-order valence-corrected chi connectivity index (χ4v) is 0.850. The molecule has 1 N–H and O–H groups in total. The third kappa shape index (κ3) is 2.52. The molecule has 0 fully saturated rings. The largest absolute Gasteiger partial charge is 0.473 e. The molecule has 0 aliphatic rings. The molecular formula is C9H10FNO2. The summed E-state index contributed by atoms with van der Waals surface area (Å²) in [4.78, 5) is 3.68. The molecular weight excluding hydrogens is 173 g/mol. The number of nitrogens with zero attached hydrogens (tertiary/aromatic N) is 1. The van der Waals surface area contributed by atoms with E-state index in [9.17, 15) is 4.39 Å². The molecule has 0 radical (unpaired) electrons. The van der Waals surface area contributed by atoms with Gasteiger partial charge in [0.15, 0.2) is 0 Å². The van der Waals surface area contributed by atoms with Gasteiger partial charge in [-0.1, -0.05) is 12.7 Å². The molecule has 4 heteroatoms. The number of ether oxygens (including phenoxy) is 1. The van der Waals surface area contributed by atoms with E-state index in [1.807, 2.05) is 0 Å². The minimum atomic E-state index is -0.491. The Bertz CT molecular complexity index is 302. The Hall–Kier alpha value is -1.42. The molecule has 0 saturated carbocycles. The van der Waals surface area contributed by atoms with E-state index in [2.05, 4.69) is 11.6 Å². The zero-order chi connectivity index (χ0) is 9.68. The van der Waals surface area contributed by atoms with E-state index >= 15 is 0 Å². The number of halogens is 1. The number of aliphatic hydroxyl groups excluding tert-OH is 1. The smallest absolute Gasteiger partial charge is 0.219 e. The number of aliphatic hydroxyl groups is 1. The van der Waals surface area contributed by atoms with Crippen molar-refractivity contribution in [1.82, 2.24) is 4.98 Å². The maximum absolute atomic E-state index is 12.6. The maximum atomic E-state index is 12.6. The fourth-order valence-electron chi connectivity index (χ4n) is 0.850. The van der Waals surface area contributed by atoms with Crippen LogP contribution in [0.25, 0.3) is 0 Å². The standard InChI is InChI=1S/C9H10FNO2/c1-2-3-13-9-7(6-12)4-8(10)5-11-9/h2,4-5,12H,1,3,6H2. The van der Waals surface area contributed by atoms with Crippen molar-refractivity contribution in [2.75, 3.05) is 6.61 Å². The van der Waals surface area contributed by atoms with E-state index < -0.39 is 5.82 Å². The van der Waals surface area contributed by atoms with E-state index in [1.54, 1.807) is 6.08 Å².